The molecule has 1 N–H and O–H groups in total. The lowest BCUT2D eigenvalue weighted by molar-refractivity contribution is 0.628. The first kappa shape index (κ1) is 18.4. The van der Waals surface area contributed by atoms with Crippen molar-refractivity contribution in [3.8, 4) is 0 Å². The number of rotatable bonds is 5. The number of aliphatic imine (C=N–C) groups is 1. The molecule has 0 spiro atoms. The van der Waals surface area contributed by atoms with Gasteiger partial charge >= 0.3 is 0 Å². The third-order valence-electron chi connectivity index (χ3n) is 3.76. The van der Waals surface area contributed by atoms with Crippen molar-refractivity contribution in [2.75, 3.05) is 17.6 Å². The zero-order chi connectivity index (χ0) is 17.6. The molecule has 1 aromatic heterocycles. The molecule has 0 saturated carbocycles. The number of aryl methyl sites for hydroxylation is 1. The number of halogens is 1. The second-order valence-corrected chi connectivity index (χ2v) is 8.07. The van der Waals surface area contributed by atoms with Gasteiger partial charge in [0.2, 0.25) is 0 Å². The van der Waals surface area contributed by atoms with E-state index >= 15 is 0 Å². The molecule has 0 unspecified atom stereocenters. The maximum Gasteiger partial charge on any atom is 0.179 e. The van der Waals surface area contributed by atoms with E-state index in [0.717, 1.165) is 28.9 Å². The van der Waals surface area contributed by atoms with E-state index in [1.807, 2.05) is 4.90 Å². The van der Waals surface area contributed by atoms with Crippen molar-refractivity contribution < 1.29 is 4.39 Å². The molecule has 0 bridgehead atoms. The van der Waals surface area contributed by atoms with E-state index < -0.39 is 0 Å². The molecular formula is C18H20FN3S3. The van der Waals surface area contributed by atoms with Gasteiger partial charge in [-0.15, -0.1) is 11.3 Å². The first-order valence-corrected chi connectivity index (χ1v) is 10.6. The normalized spacial score (nSPS) is 15.8. The molecular weight excluding hydrogens is 373 g/mol. The molecule has 1 aliphatic heterocycles. The minimum absolute atomic E-state index is 0.282. The van der Waals surface area contributed by atoms with Gasteiger partial charge in [0, 0.05) is 18.0 Å². The Morgan fingerprint density at radius 1 is 1.40 bits per heavy atom. The number of anilines is 1. The molecule has 3 nitrogen and oxygen atoms in total. The second-order valence-electron chi connectivity index (χ2n) is 5.73. The van der Waals surface area contributed by atoms with Crippen LogP contribution in [0.2, 0.25) is 0 Å². The Kier molecular flexibility index (Phi) is 6.45. The van der Waals surface area contributed by atoms with Crippen LogP contribution in [-0.4, -0.2) is 27.5 Å². The molecule has 1 saturated heterocycles. The van der Waals surface area contributed by atoms with Gasteiger partial charge in [0.15, 0.2) is 10.3 Å². The van der Waals surface area contributed by atoms with E-state index in [-0.39, 0.29) is 5.82 Å². The summed E-state index contributed by atoms with van der Waals surface area (Å²) >= 11 is 8.86. The van der Waals surface area contributed by atoms with Crippen LogP contribution in [0.5, 0.6) is 0 Å². The summed E-state index contributed by atoms with van der Waals surface area (Å²) in [5.41, 5.74) is 2.00. The first-order chi connectivity index (χ1) is 12.2. The Morgan fingerprint density at radius 3 is 3.08 bits per heavy atom. The zero-order valence-corrected chi connectivity index (χ0v) is 16.4. The third kappa shape index (κ3) is 5.03. The number of hydrogen-bond donors (Lipinski definition) is 1. The minimum atomic E-state index is -0.282. The molecule has 2 aromatic rings. The Balaban J connectivity index is 1.69. The van der Waals surface area contributed by atoms with Gasteiger partial charge in [0.05, 0.1) is 0 Å². The van der Waals surface area contributed by atoms with Gasteiger partial charge in [-0.1, -0.05) is 31.2 Å². The number of thiophene rings is 1. The number of thiocarbonyl (C=S) groups is 1. The fourth-order valence-electron chi connectivity index (χ4n) is 2.47. The van der Waals surface area contributed by atoms with Gasteiger partial charge in [-0.2, -0.15) is 0 Å². The maximum atomic E-state index is 13.3. The van der Waals surface area contributed by atoms with E-state index in [4.69, 9.17) is 17.2 Å². The SMILES string of the molecule is CCCCc1csc(N=C2SCCN2C(=S)Nc2cccc(F)c2)c1. The van der Waals surface area contributed by atoms with Gasteiger partial charge < -0.3 is 5.32 Å². The summed E-state index contributed by atoms with van der Waals surface area (Å²) in [7, 11) is 0. The fourth-order valence-corrected chi connectivity index (χ4v) is 4.65. The molecule has 0 radical (unpaired) electrons. The number of benzene rings is 1. The summed E-state index contributed by atoms with van der Waals surface area (Å²) in [5, 5.41) is 7.75. The highest BCUT2D eigenvalue weighted by Gasteiger charge is 2.23. The number of nitrogens with zero attached hydrogens (tertiary/aromatic N) is 2. The van der Waals surface area contributed by atoms with Crippen molar-refractivity contribution in [3.05, 3.63) is 47.1 Å². The summed E-state index contributed by atoms with van der Waals surface area (Å²) in [5.74, 6) is 0.661. The Bertz CT molecular complexity index is 772. The van der Waals surface area contributed by atoms with Gasteiger partial charge in [-0.05, 0) is 60.3 Å². The van der Waals surface area contributed by atoms with E-state index in [2.05, 4.69) is 23.7 Å². The average Bonchev–Trinajstić information content (AvgIpc) is 3.23. The fraction of sp³-hybridized carbons (Fsp3) is 0.333. The summed E-state index contributed by atoms with van der Waals surface area (Å²) in [4.78, 5) is 6.75. The van der Waals surface area contributed by atoms with E-state index in [0.29, 0.717) is 10.8 Å². The number of nitrogens with one attached hydrogen (secondary N) is 1. The highest BCUT2D eigenvalue weighted by atomic mass is 32.2. The lowest BCUT2D eigenvalue weighted by Gasteiger charge is -2.19. The molecule has 3 rings (SSSR count). The van der Waals surface area contributed by atoms with Crippen molar-refractivity contribution in [1.82, 2.24) is 4.90 Å². The van der Waals surface area contributed by atoms with Crippen LogP contribution in [0.25, 0.3) is 0 Å². The molecule has 1 aliphatic rings. The van der Waals surface area contributed by atoms with E-state index in [1.54, 1.807) is 35.2 Å². The molecule has 1 aromatic carbocycles. The lowest BCUT2D eigenvalue weighted by Crippen LogP contribution is -2.35. The lowest BCUT2D eigenvalue weighted by atomic mass is 10.1. The molecule has 0 atom stereocenters. The van der Waals surface area contributed by atoms with Gasteiger partial charge in [-0.3, -0.25) is 4.90 Å². The van der Waals surface area contributed by atoms with Crippen molar-refractivity contribution in [1.29, 1.82) is 0 Å². The standard InChI is InChI=1S/C18H20FN3S3/c1-2-3-5-13-10-16(25-12-13)21-18-22(8-9-24-18)17(23)20-15-7-4-6-14(19)11-15/h4,6-7,10-12H,2-3,5,8-9H2,1H3,(H,20,23). The third-order valence-corrected chi connectivity index (χ3v) is 5.91. The summed E-state index contributed by atoms with van der Waals surface area (Å²) in [6, 6.07) is 8.48. The number of unbranched alkanes of at least 4 members (excludes halogenated alkanes) is 1. The van der Waals surface area contributed by atoms with Crippen LogP contribution in [0.3, 0.4) is 0 Å². The molecule has 132 valence electrons. The monoisotopic (exact) mass is 393 g/mol. The van der Waals surface area contributed by atoms with E-state index in [1.165, 1.54) is 30.5 Å². The molecule has 0 amide bonds. The molecule has 25 heavy (non-hydrogen) atoms. The highest BCUT2D eigenvalue weighted by Crippen LogP contribution is 2.29. The van der Waals surface area contributed by atoms with Crippen LogP contribution < -0.4 is 5.32 Å². The molecule has 1 fully saturated rings. The summed E-state index contributed by atoms with van der Waals surface area (Å²) < 4.78 is 13.3. The largest absolute Gasteiger partial charge is 0.332 e. The van der Waals surface area contributed by atoms with Crippen LogP contribution in [-0.2, 0) is 6.42 Å². The molecule has 7 heteroatoms. The Hall–Kier alpha value is -1.44. The van der Waals surface area contributed by atoms with Crippen LogP contribution in [0.1, 0.15) is 25.3 Å². The summed E-state index contributed by atoms with van der Waals surface area (Å²) in [6.45, 7) is 3.01. The first-order valence-electron chi connectivity index (χ1n) is 8.28. The maximum absolute atomic E-state index is 13.3. The molecule has 2 heterocycles. The highest BCUT2D eigenvalue weighted by molar-refractivity contribution is 8.14. The summed E-state index contributed by atoms with van der Waals surface area (Å²) in [6.07, 6.45) is 3.51. The van der Waals surface area contributed by atoms with Crippen molar-refractivity contribution in [2.24, 2.45) is 4.99 Å². The van der Waals surface area contributed by atoms with Crippen LogP contribution in [0.15, 0.2) is 40.7 Å². The van der Waals surface area contributed by atoms with Crippen LogP contribution in [0, 0.1) is 5.82 Å². The number of amidine groups is 1. The van der Waals surface area contributed by atoms with Gasteiger partial charge in [0.25, 0.3) is 0 Å². The smallest absolute Gasteiger partial charge is 0.179 e. The zero-order valence-electron chi connectivity index (χ0n) is 14.0. The topological polar surface area (TPSA) is 27.6 Å². The Morgan fingerprint density at radius 2 is 2.28 bits per heavy atom. The number of hydrogen-bond acceptors (Lipinski definition) is 4. The van der Waals surface area contributed by atoms with Crippen LogP contribution >= 0.6 is 35.3 Å². The van der Waals surface area contributed by atoms with Crippen molar-refractivity contribution >= 4 is 56.3 Å². The van der Waals surface area contributed by atoms with Crippen molar-refractivity contribution in [2.45, 2.75) is 26.2 Å². The van der Waals surface area contributed by atoms with Gasteiger partial charge in [0.1, 0.15) is 10.8 Å². The second kappa shape index (κ2) is 8.78. The van der Waals surface area contributed by atoms with Crippen molar-refractivity contribution in [3.63, 3.8) is 0 Å². The van der Waals surface area contributed by atoms with Gasteiger partial charge in [-0.25, -0.2) is 9.38 Å². The minimum Gasteiger partial charge on any atom is -0.332 e. The molecule has 0 aliphatic carbocycles. The van der Waals surface area contributed by atoms with Crippen LogP contribution in [0.4, 0.5) is 15.1 Å². The predicted octanol–water partition coefficient (Wildman–Crippen LogP) is 5.66. The average molecular weight is 394 g/mol. The predicted molar refractivity (Wildman–Crippen MR) is 112 cm³/mol. The number of thioether (sulfide) groups is 1. The Labute approximate surface area is 161 Å². The van der Waals surface area contributed by atoms with E-state index in [9.17, 15) is 4.39 Å². The quantitative estimate of drug-likeness (QED) is 0.663.